The fourth-order valence-corrected chi connectivity index (χ4v) is 4.75. The smallest absolute Gasteiger partial charge is 0.133 e. The Morgan fingerprint density at radius 1 is 0.394 bits per heavy atom. The molecule has 0 unspecified atom stereocenters. The molecule has 0 fully saturated rings. The molecule has 0 aliphatic carbocycles. The van der Waals surface area contributed by atoms with Gasteiger partial charge in [0.15, 0.2) is 0 Å². The van der Waals surface area contributed by atoms with Crippen molar-refractivity contribution in [1.82, 2.24) is 0 Å². The molecule has 1 heterocycles. The van der Waals surface area contributed by atoms with Crippen molar-refractivity contribution in [2.75, 3.05) is 0 Å². The molecular weight excluding hydrogens is 400 g/mol. The van der Waals surface area contributed by atoms with Gasteiger partial charge in [0, 0.05) is 5.39 Å². The first-order valence-electron chi connectivity index (χ1n) is 11.2. The third-order valence-electron chi connectivity index (χ3n) is 6.17. The molecule has 0 amide bonds. The fourth-order valence-electron chi connectivity index (χ4n) is 4.75. The number of rotatable bonds is 2. The van der Waals surface area contributed by atoms with Gasteiger partial charge in [-0.3, -0.25) is 0 Å². The average molecular weight is 423 g/mol. The van der Waals surface area contributed by atoms with Gasteiger partial charge in [0.2, 0.25) is 0 Å². The summed E-state index contributed by atoms with van der Waals surface area (Å²) in [6.07, 6.45) is 1.74. The summed E-state index contributed by atoms with van der Waals surface area (Å²) in [4.78, 5) is 0. The van der Waals surface area contributed by atoms with E-state index in [0.29, 0.717) is 0 Å². The van der Waals surface area contributed by atoms with Crippen molar-refractivity contribution < 1.29 is 4.42 Å². The summed E-state index contributed by atoms with van der Waals surface area (Å²) in [5.74, 6) is 0. The Labute approximate surface area is 192 Å². The van der Waals surface area contributed by atoms with E-state index in [4.69, 9.17) is 4.42 Å². The van der Waals surface area contributed by atoms with Gasteiger partial charge in [-0.25, -0.2) is 0 Å². The molecule has 0 aliphatic heterocycles. The zero-order valence-corrected chi connectivity index (χ0v) is 18.1. The van der Waals surface area contributed by atoms with E-state index >= 15 is 0 Å². The molecule has 0 aliphatic rings. The van der Waals surface area contributed by atoms with E-state index < -0.39 is 0 Å². The fraction of sp³-hybridized carbons (Fsp3) is 0. The lowest BCUT2D eigenvalue weighted by Gasteiger charge is -2.17. The molecular formula is C32H22O. The van der Waals surface area contributed by atoms with Gasteiger partial charge in [-0.1, -0.05) is 109 Å². The Kier molecular flexibility index (Phi) is 4.86. The van der Waals surface area contributed by atoms with Crippen LogP contribution in [0.25, 0.3) is 54.8 Å². The topological polar surface area (TPSA) is 13.1 Å². The highest BCUT2D eigenvalue weighted by atomic mass is 16.3. The minimum absolute atomic E-state index is 0.851. The van der Waals surface area contributed by atoms with Crippen LogP contribution in [0.1, 0.15) is 0 Å². The van der Waals surface area contributed by atoms with Crippen molar-refractivity contribution in [2.24, 2.45) is 0 Å². The molecule has 156 valence electrons. The lowest BCUT2D eigenvalue weighted by molar-refractivity contribution is 0.606. The quantitative estimate of drug-likeness (QED) is 0.253. The Morgan fingerprint density at radius 2 is 0.879 bits per heavy atom. The average Bonchev–Trinajstić information content (AvgIpc) is 2.98. The summed E-state index contributed by atoms with van der Waals surface area (Å²) >= 11 is 0. The highest BCUT2D eigenvalue weighted by Crippen LogP contribution is 2.43. The molecule has 6 rings (SSSR count). The highest BCUT2D eigenvalue weighted by molar-refractivity contribution is 6.21. The molecule has 0 atom stereocenters. The van der Waals surface area contributed by atoms with E-state index in [0.717, 1.165) is 16.5 Å². The molecule has 0 spiro atoms. The lowest BCUT2D eigenvalue weighted by Crippen LogP contribution is -1.90. The van der Waals surface area contributed by atoms with E-state index in [2.05, 4.69) is 103 Å². The SMILES string of the molecule is c1ccc(-c2c3ccccc3c(-c3ccccoc4ccccc4c3)c3ccccc23)cc1. The second-order valence-electron chi connectivity index (χ2n) is 8.15. The Balaban J connectivity index is 1.81. The third-order valence-corrected chi connectivity index (χ3v) is 6.17. The molecule has 0 saturated heterocycles. The van der Waals surface area contributed by atoms with Gasteiger partial charge >= 0.3 is 0 Å². The van der Waals surface area contributed by atoms with Gasteiger partial charge in [-0.2, -0.15) is 0 Å². The van der Waals surface area contributed by atoms with E-state index in [-0.39, 0.29) is 0 Å². The minimum atomic E-state index is 0.851. The summed E-state index contributed by atoms with van der Waals surface area (Å²) in [5.41, 5.74) is 5.76. The molecule has 6 aromatic rings. The summed E-state index contributed by atoms with van der Waals surface area (Å²) in [5, 5.41) is 6.06. The van der Waals surface area contributed by atoms with E-state index in [1.165, 1.54) is 38.2 Å². The molecule has 0 saturated carbocycles. The Morgan fingerprint density at radius 3 is 1.55 bits per heavy atom. The number of hydrogen-bond acceptors (Lipinski definition) is 1. The first-order chi connectivity index (χ1) is 16.4. The van der Waals surface area contributed by atoms with Crippen LogP contribution in [0, 0.1) is 0 Å². The van der Waals surface area contributed by atoms with Crippen LogP contribution in [0.3, 0.4) is 0 Å². The van der Waals surface area contributed by atoms with Crippen molar-refractivity contribution in [3.05, 3.63) is 134 Å². The molecule has 1 aromatic heterocycles. The number of hydrogen-bond donors (Lipinski definition) is 0. The van der Waals surface area contributed by atoms with Crippen LogP contribution in [-0.4, -0.2) is 0 Å². The van der Waals surface area contributed by atoms with Crippen molar-refractivity contribution >= 4 is 32.5 Å². The monoisotopic (exact) mass is 422 g/mol. The standard InChI is InChI=1S/C32H22O/c1-2-12-23(13-3-1)31-26-16-5-7-18-28(26)32(29-19-8-6-17-27(29)31)25-15-10-11-21-33-30-20-9-4-14-24(30)22-25/h1-22H. The predicted molar refractivity (Wildman–Crippen MR) is 140 cm³/mol. The van der Waals surface area contributed by atoms with E-state index in [1.54, 1.807) is 6.26 Å². The first kappa shape index (κ1) is 19.3. The maximum atomic E-state index is 5.87. The lowest BCUT2D eigenvalue weighted by atomic mass is 9.86. The molecule has 0 bridgehead atoms. The van der Waals surface area contributed by atoms with Crippen LogP contribution >= 0.6 is 0 Å². The molecule has 1 nitrogen and oxygen atoms in total. The van der Waals surface area contributed by atoms with Crippen LogP contribution in [0.4, 0.5) is 0 Å². The molecule has 5 aromatic carbocycles. The zero-order chi connectivity index (χ0) is 22.0. The van der Waals surface area contributed by atoms with Gasteiger partial charge < -0.3 is 4.42 Å². The Hall–Kier alpha value is -4.36. The number of benzene rings is 5. The molecule has 1 heteroatoms. The van der Waals surface area contributed by atoms with Crippen LogP contribution in [0.2, 0.25) is 0 Å². The van der Waals surface area contributed by atoms with Gasteiger partial charge in [0.1, 0.15) is 5.58 Å². The van der Waals surface area contributed by atoms with Crippen LogP contribution in [0.5, 0.6) is 0 Å². The summed E-state index contributed by atoms with van der Waals surface area (Å²) in [6, 6.07) is 44.7. The van der Waals surface area contributed by atoms with Gasteiger partial charge in [0.05, 0.1) is 6.26 Å². The highest BCUT2D eigenvalue weighted by Gasteiger charge is 2.15. The second-order valence-corrected chi connectivity index (χ2v) is 8.15. The maximum absolute atomic E-state index is 5.87. The minimum Gasteiger partial charge on any atom is -0.464 e. The number of para-hydroxylation sites is 1. The summed E-state index contributed by atoms with van der Waals surface area (Å²) in [7, 11) is 0. The third kappa shape index (κ3) is 3.44. The van der Waals surface area contributed by atoms with Gasteiger partial charge in [-0.05, 0) is 62.0 Å². The molecule has 33 heavy (non-hydrogen) atoms. The first-order valence-corrected chi connectivity index (χ1v) is 11.2. The largest absolute Gasteiger partial charge is 0.464 e. The normalized spacial score (nSPS) is 11.0. The molecule has 0 radical (unpaired) electrons. The molecule has 0 N–H and O–H groups in total. The van der Waals surface area contributed by atoms with Crippen LogP contribution in [0.15, 0.2) is 138 Å². The maximum Gasteiger partial charge on any atom is 0.133 e. The van der Waals surface area contributed by atoms with Crippen molar-refractivity contribution in [1.29, 1.82) is 0 Å². The van der Waals surface area contributed by atoms with Crippen molar-refractivity contribution in [3.63, 3.8) is 0 Å². The Bertz CT molecular complexity index is 1600. The zero-order valence-electron chi connectivity index (χ0n) is 18.1. The van der Waals surface area contributed by atoms with Gasteiger partial charge in [-0.15, -0.1) is 0 Å². The van der Waals surface area contributed by atoms with Crippen LogP contribution in [-0.2, 0) is 0 Å². The van der Waals surface area contributed by atoms with Crippen LogP contribution < -0.4 is 0 Å². The van der Waals surface area contributed by atoms with E-state index in [9.17, 15) is 0 Å². The van der Waals surface area contributed by atoms with E-state index in [1.807, 2.05) is 24.3 Å². The number of fused-ring (bicyclic) bond motifs is 3. The van der Waals surface area contributed by atoms with Gasteiger partial charge in [0.25, 0.3) is 0 Å². The summed E-state index contributed by atoms with van der Waals surface area (Å²) in [6.45, 7) is 0. The predicted octanol–water partition coefficient (Wildman–Crippen LogP) is 9.20. The van der Waals surface area contributed by atoms with Crippen molar-refractivity contribution in [3.8, 4) is 22.3 Å². The van der Waals surface area contributed by atoms with Crippen molar-refractivity contribution in [2.45, 2.75) is 0 Å². The second kappa shape index (κ2) is 8.29. The summed E-state index contributed by atoms with van der Waals surface area (Å²) < 4.78 is 5.87.